The summed E-state index contributed by atoms with van der Waals surface area (Å²) >= 11 is 10.9. The molecule has 0 unspecified atom stereocenters. The number of nitrogens with one attached hydrogen (secondary N) is 1. The first kappa shape index (κ1) is 12.3. The van der Waals surface area contributed by atoms with Crippen molar-refractivity contribution in [2.75, 3.05) is 0 Å². The molecule has 0 fully saturated rings. The molecule has 2 rings (SSSR count). The normalized spacial score (nSPS) is 10.8. The first-order chi connectivity index (χ1) is 8.11. The summed E-state index contributed by atoms with van der Waals surface area (Å²) in [6.07, 6.45) is 2.79. The lowest BCUT2D eigenvalue weighted by Crippen LogP contribution is -2.04. The molecule has 1 aromatic carbocycles. The van der Waals surface area contributed by atoms with Crippen LogP contribution in [0.4, 0.5) is 4.39 Å². The molecule has 0 saturated heterocycles. The lowest BCUT2D eigenvalue weighted by molar-refractivity contribution is 0.626. The van der Waals surface area contributed by atoms with Gasteiger partial charge in [0.2, 0.25) is 0 Å². The van der Waals surface area contributed by atoms with Gasteiger partial charge in [-0.2, -0.15) is 0 Å². The van der Waals surface area contributed by atoms with Crippen LogP contribution in [0.15, 0.2) is 24.4 Å². The number of imidazole rings is 1. The van der Waals surface area contributed by atoms with Crippen molar-refractivity contribution in [2.45, 2.75) is 19.9 Å². The molecular formula is C12H12ClFN2S. The van der Waals surface area contributed by atoms with E-state index in [0.717, 1.165) is 17.7 Å². The van der Waals surface area contributed by atoms with Crippen LogP contribution < -0.4 is 0 Å². The fourth-order valence-electron chi connectivity index (χ4n) is 1.72. The number of hydrogen-bond acceptors (Lipinski definition) is 1. The third-order valence-corrected chi connectivity index (χ3v) is 3.27. The summed E-state index contributed by atoms with van der Waals surface area (Å²) in [6, 6.07) is 4.72. The van der Waals surface area contributed by atoms with Crippen LogP contribution in [0.2, 0.25) is 5.02 Å². The van der Waals surface area contributed by atoms with E-state index in [1.165, 1.54) is 6.07 Å². The van der Waals surface area contributed by atoms with Gasteiger partial charge in [0.25, 0.3) is 0 Å². The number of H-pyrrole nitrogens is 1. The van der Waals surface area contributed by atoms with E-state index in [-0.39, 0.29) is 5.02 Å². The number of aromatic amines is 1. The van der Waals surface area contributed by atoms with E-state index in [1.807, 2.05) is 10.8 Å². The van der Waals surface area contributed by atoms with E-state index in [2.05, 4.69) is 11.9 Å². The summed E-state index contributed by atoms with van der Waals surface area (Å²) in [6.45, 7) is 2.66. The van der Waals surface area contributed by atoms with Crippen LogP contribution in [0, 0.1) is 10.6 Å². The molecule has 0 bridgehead atoms. The third-order valence-electron chi connectivity index (χ3n) is 2.64. The highest BCUT2D eigenvalue weighted by molar-refractivity contribution is 7.71. The van der Waals surface area contributed by atoms with Gasteiger partial charge in [0, 0.05) is 11.9 Å². The van der Waals surface area contributed by atoms with Gasteiger partial charge >= 0.3 is 0 Å². The Morgan fingerprint density at radius 2 is 2.24 bits per heavy atom. The number of hydrogen-bond donors (Lipinski definition) is 1. The second-order valence-electron chi connectivity index (χ2n) is 3.77. The minimum atomic E-state index is -0.399. The number of halogens is 2. The predicted octanol–water partition coefficient (Wildman–Crippen LogP) is 3.95. The molecule has 0 aliphatic heterocycles. The Morgan fingerprint density at radius 1 is 1.47 bits per heavy atom. The Kier molecular flexibility index (Phi) is 3.64. The Hall–Kier alpha value is -1.13. The molecule has 1 heterocycles. The minimum absolute atomic E-state index is 0.141. The van der Waals surface area contributed by atoms with E-state index in [4.69, 9.17) is 23.8 Å². The molecule has 0 aliphatic carbocycles. The van der Waals surface area contributed by atoms with Gasteiger partial charge in [-0.1, -0.05) is 24.6 Å². The monoisotopic (exact) mass is 270 g/mol. The first-order valence-electron chi connectivity index (χ1n) is 5.33. The van der Waals surface area contributed by atoms with Gasteiger partial charge in [0.15, 0.2) is 4.77 Å². The van der Waals surface area contributed by atoms with Gasteiger partial charge in [-0.05, 0) is 36.3 Å². The van der Waals surface area contributed by atoms with Crippen molar-refractivity contribution in [1.29, 1.82) is 0 Å². The zero-order chi connectivity index (χ0) is 12.4. The quantitative estimate of drug-likeness (QED) is 0.838. The van der Waals surface area contributed by atoms with Crippen molar-refractivity contribution in [3.05, 3.63) is 51.3 Å². The SMILES string of the molecule is CCc1c[nH]c(=S)n1Cc1ccc(F)c(Cl)c1. The predicted molar refractivity (Wildman–Crippen MR) is 69.5 cm³/mol. The summed E-state index contributed by atoms with van der Waals surface area (Å²) in [5.41, 5.74) is 2.05. The molecule has 0 atom stereocenters. The average Bonchev–Trinajstić information content (AvgIpc) is 2.65. The molecule has 1 N–H and O–H groups in total. The number of aryl methyl sites for hydroxylation is 1. The summed E-state index contributed by atoms with van der Waals surface area (Å²) in [5.74, 6) is -0.399. The largest absolute Gasteiger partial charge is 0.337 e. The Balaban J connectivity index is 2.34. The van der Waals surface area contributed by atoms with Crippen molar-refractivity contribution in [2.24, 2.45) is 0 Å². The van der Waals surface area contributed by atoms with Crippen LogP contribution in [0.25, 0.3) is 0 Å². The maximum absolute atomic E-state index is 13.0. The second kappa shape index (κ2) is 5.02. The first-order valence-corrected chi connectivity index (χ1v) is 6.11. The van der Waals surface area contributed by atoms with Crippen molar-refractivity contribution in [3.63, 3.8) is 0 Å². The second-order valence-corrected chi connectivity index (χ2v) is 4.57. The van der Waals surface area contributed by atoms with Crippen LogP contribution >= 0.6 is 23.8 Å². The zero-order valence-corrected chi connectivity index (χ0v) is 10.9. The average molecular weight is 271 g/mol. The Morgan fingerprint density at radius 3 is 2.88 bits per heavy atom. The van der Waals surface area contributed by atoms with Gasteiger partial charge in [0.05, 0.1) is 11.6 Å². The maximum Gasteiger partial charge on any atom is 0.177 e. The molecule has 0 aliphatic rings. The van der Waals surface area contributed by atoms with Crippen LogP contribution in [0.3, 0.4) is 0 Å². The van der Waals surface area contributed by atoms with Crippen LogP contribution in [-0.2, 0) is 13.0 Å². The third kappa shape index (κ3) is 2.58. The zero-order valence-electron chi connectivity index (χ0n) is 9.34. The Bertz CT molecular complexity index is 588. The smallest absolute Gasteiger partial charge is 0.177 e. The number of benzene rings is 1. The summed E-state index contributed by atoms with van der Waals surface area (Å²) in [5, 5.41) is 0.141. The molecule has 0 spiro atoms. The van der Waals surface area contributed by atoms with Crippen LogP contribution in [0.1, 0.15) is 18.2 Å². The van der Waals surface area contributed by atoms with E-state index >= 15 is 0 Å². The van der Waals surface area contributed by atoms with Gasteiger partial charge in [-0.3, -0.25) is 0 Å². The molecule has 0 saturated carbocycles. The highest BCUT2D eigenvalue weighted by Crippen LogP contribution is 2.17. The van der Waals surface area contributed by atoms with E-state index in [9.17, 15) is 4.39 Å². The molecule has 5 heteroatoms. The van der Waals surface area contributed by atoms with Gasteiger partial charge in [0.1, 0.15) is 5.82 Å². The summed E-state index contributed by atoms with van der Waals surface area (Å²) < 4.78 is 15.7. The molecule has 90 valence electrons. The number of rotatable bonds is 3. The van der Waals surface area contributed by atoms with Crippen LogP contribution in [0.5, 0.6) is 0 Å². The molecular weight excluding hydrogens is 259 g/mol. The molecule has 0 radical (unpaired) electrons. The highest BCUT2D eigenvalue weighted by atomic mass is 35.5. The molecule has 2 aromatic rings. The van der Waals surface area contributed by atoms with Crippen molar-refractivity contribution >= 4 is 23.8 Å². The fraction of sp³-hybridized carbons (Fsp3) is 0.250. The van der Waals surface area contributed by atoms with Gasteiger partial charge in [-0.25, -0.2) is 4.39 Å². The number of nitrogens with zero attached hydrogens (tertiary/aromatic N) is 1. The lowest BCUT2D eigenvalue weighted by Gasteiger charge is -2.07. The molecule has 17 heavy (non-hydrogen) atoms. The standard InChI is InChI=1S/C12H12ClFN2S/c1-2-9-6-15-12(17)16(9)7-8-3-4-11(14)10(13)5-8/h3-6H,2,7H2,1H3,(H,15,17). The van der Waals surface area contributed by atoms with Crippen molar-refractivity contribution < 1.29 is 4.39 Å². The van der Waals surface area contributed by atoms with E-state index in [1.54, 1.807) is 12.1 Å². The minimum Gasteiger partial charge on any atom is -0.337 e. The summed E-state index contributed by atoms with van der Waals surface area (Å²) in [4.78, 5) is 3.01. The number of aromatic nitrogens is 2. The topological polar surface area (TPSA) is 20.7 Å². The van der Waals surface area contributed by atoms with Crippen molar-refractivity contribution in [1.82, 2.24) is 9.55 Å². The fourth-order valence-corrected chi connectivity index (χ4v) is 2.16. The highest BCUT2D eigenvalue weighted by Gasteiger charge is 2.05. The summed E-state index contributed by atoms with van der Waals surface area (Å²) in [7, 11) is 0. The molecule has 2 nitrogen and oxygen atoms in total. The lowest BCUT2D eigenvalue weighted by atomic mass is 10.2. The van der Waals surface area contributed by atoms with Gasteiger partial charge in [-0.15, -0.1) is 0 Å². The van der Waals surface area contributed by atoms with E-state index in [0.29, 0.717) is 11.3 Å². The molecule has 0 amide bonds. The van der Waals surface area contributed by atoms with E-state index < -0.39 is 5.82 Å². The molecule has 1 aromatic heterocycles. The maximum atomic E-state index is 13.0. The van der Waals surface area contributed by atoms with Crippen molar-refractivity contribution in [3.8, 4) is 0 Å². The van der Waals surface area contributed by atoms with Crippen LogP contribution in [-0.4, -0.2) is 9.55 Å². The Labute approximate surface area is 109 Å². The van der Waals surface area contributed by atoms with Gasteiger partial charge < -0.3 is 9.55 Å².